The monoisotopic (exact) mass is 264 g/mol. The summed E-state index contributed by atoms with van der Waals surface area (Å²) in [5.41, 5.74) is -0.00193. The van der Waals surface area contributed by atoms with Crippen LogP contribution in [0.5, 0.6) is 0 Å². The summed E-state index contributed by atoms with van der Waals surface area (Å²) in [5, 5.41) is 0. The lowest BCUT2D eigenvalue weighted by molar-refractivity contribution is -0.197. The van der Waals surface area contributed by atoms with Gasteiger partial charge in [-0.3, -0.25) is 4.79 Å². The van der Waals surface area contributed by atoms with Gasteiger partial charge < -0.3 is 0 Å². The van der Waals surface area contributed by atoms with Gasteiger partial charge in [0.15, 0.2) is 0 Å². The van der Waals surface area contributed by atoms with Crippen LogP contribution < -0.4 is 0 Å². The van der Waals surface area contributed by atoms with Crippen LogP contribution in [0.15, 0.2) is 0 Å². The molecule has 0 radical (unpaired) electrons. The second-order valence-electron chi connectivity index (χ2n) is 6.57. The molecular formula is C14H23F3O. The van der Waals surface area contributed by atoms with E-state index in [0.29, 0.717) is 19.3 Å². The molecule has 0 heterocycles. The van der Waals surface area contributed by atoms with E-state index in [1.54, 1.807) is 0 Å². The SMILES string of the molecule is CC(C)(C)CCC(=O)C1CCCCC1C(F)(F)F. The summed E-state index contributed by atoms with van der Waals surface area (Å²) < 4.78 is 38.6. The number of hydrogen-bond acceptors (Lipinski definition) is 1. The summed E-state index contributed by atoms with van der Waals surface area (Å²) in [6.07, 6.45) is -1.41. The van der Waals surface area contributed by atoms with Crippen LogP contribution in [0.2, 0.25) is 0 Å². The molecule has 1 aliphatic carbocycles. The average molecular weight is 264 g/mol. The molecular weight excluding hydrogens is 241 g/mol. The third-order valence-electron chi connectivity index (χ3n) is 3.72. The van der Waals surface area contributed by atoms with Crippen LogP contribution in [0.25, 0.3) is 0 Å². The Balaban J connectivity index is 2.64. The lowest BCUT2D eigenvalue weighted by Gasteiger charge is -2.32. The normalized spacial score (nSPS) is 26.1. The first kappa shape index (κ1) is 15.5. The first-order valence-corrected chi connectivity index (χ1v) is 6.71. The first-order valence-electron chi connectivity index (χ1n) is 6.71. The van der Waals surface area contributed by atoms with E-state index in [0.717, 1.165) is 6.42 Å². The van der Waals surface area contributed by atoms with Gasteiger partial charge in [-0.1, -0.05) is 33.6 Å². The fraction of sp³-hybridized carbons (Fsp3) is 0.929. The Morgan fingerprint density at radius 1 is 1.11 bits per heavy atom. The Hall–Kier alpha value is -0.540. The summed E-state index contributed by atoms with van der Waals surface area (Å²) in [7, 11) is 0. The number of carbonyl (C=O) groups is 1. The molecule has 2 unspecified atom stereocenters. The van der Waals surface area contributed by atoms with E-state index in [2.05, 4.69) is 0 Å². The zero-order chi connectivity index (χ0) is 14.0. The van der Waals surface area contributed by atoms with Gasteiger partial charge in [-0.2, -0.15) is 13.2 Å². The minimum atomic E-state index is -4.22. The standard InChI is InChI=1S/C14H23F3O/c1-13(2,3)9-8-12(18)10-6-4-5-7-11(10)14(15,16)17/h10-11H,4-9H2,1-3H3. The van der Waals surface area contributed by atoms with Crippen LogP contribution in [0.3, 0.4) is 0 Å². The lowest BCUT2D eigenvalue weighted by Crippen LogP contribution is -2.37. The smallest absolute Gasteiger partial charge is 0.299 e. The van der Waals surface area contributed by atoms with E-state index in [4.69, 9.17) is 0 Å². The van der Waals surface area contributed by atoms with Crippen LogP contribution in [0.4, 0.5) is 13.2 Å². The van der Waals surface area contributed by atoms with Crippen LogP contribution in [0, 0.1) is 17.3 Å². The fourth-order valence-electron chi connectivity index (χ4n) is 2.59. The highest BCUT2D eigenvalue weighted by molar-refractivity contribution is 5.81. The summed E-state index contributed by atoms with van der Waals surface area (Å²) in [5.74, 6) is -2.38. The highest BCUT2D eigenvalue weighted by Gasteiger charge is 2.47. The molecule has 2 atom stereocenters. The van der Waals surface area contributed by atoms with Gasteiger partial charge in [-0.05, 0) is 24.7 Å². The van der Waals surface area contributed by atoms with E-state index in [9.17, 15) is 18.0 Å². The molecule has 0 aromatic rings. The summed E-state index contributed by atoms with van der Waals surface area (Å²) in [6.45, 7) is 6.01. The number of hydrogen-bond donors (Lipinski definition) is 0. The first-order chi connectivity index (χ1) is 8.11. The Bertz CT molecular complexity index is 288. The molecule has 1 saturated carbocycles. The van der Waals surface area contributed by atoms with Crippen molar-refractivity contribution in [2.75, 3.05) is 0 Å². The van der Waals surface area contributed by atoms with E-state index < -0.39 is 18.0 Å². The average Bonchev–Trinajstić information content (AvgIpc) is 2.24. The van der Waals surface area contributed by atoms with Crippen LogP contribution in [0.1, 0.15) is 59.3 Å². The van der Waals surface area contributed by atoms with Crippen LogP contribution in [-0.2, 0) is 4.79 Å². The number of alkyl halides is 3. The van der Waals surface area contributed by atoms with Gasteiger partial charge in [0.2, 0.25) is 0 Å². The number of Topliss-reactive ketones (excluding diaryl/α,β-unsaturated/α-hetero) is 1. The van der Waals surface area contributed by atoms with Gasteiger partial charge in [-0.15, -0.1) is 0 Å². The maximum atomic E-state index is 12.9. The largest absolute Gasteiger partial charge is 0.392 e. The zero-order valence-electron chi connectivity index (χ0n) is 11.4. The lowest BCUT2D eigenvalue weighted by atomic mass is 9.74. The number of carbonyl (C=O) groups excluding carboxylic acids is 1. The van der Waals surface area contributed by atoms with Gasteiger partial charge in [0.1, 0.15) is 5.78 Å². The Morgan fingerprint density at radius 3 is 2.17 bits per heavy atom. The third kappa shape index (κ3) is 4.62. The highest BCUT2D eigenvalue weighted by Crippen LogP contribution is 2.42. The molecule has 1 fully saturated rings. The predicted molar refractivity (Wildman–Crippen MR) is 65.2 cm³/mol. The Labute approximate surface area is 107 Å². The van der Waals surface area contributed by atoms with Gasteiger partial charge in [0.25, 0.3) is 0 Å². The molecule has 1 nitrogen and oxygen atoms in total. The van der Waals surface area contributed by atoms with Gasteiger partial charge in [-0.25, -0.2) is 0 Å². The zero-order valence-corrected chi connectivity index (χ0v) is 11.4. The summed E-state index contributed by atoms with van der Waals surface area (Å²) in [4.78, 5) is 12.0. The number of halogens is 3. The molecule has 0 amide bonds. The van der Waals surface area contributed by atoms with E-state index >= 15 is 0 Å². The van der Waals surface area contributed by atoms with Crippen LogP contribution >= 0.6 is 0 Å². The van der Waals surface area contributed by atoms with Crippen molar-refractivity contribution in [1.29, 1.82) is 0 Å². The maximum absolute atomic E-state index is 12.9. The topological polar surface area (TPSA) is 17.1 Å². The molecule has 0 bridgehead atoms. The third-order valence-corrected chi connectivity index (χ3v) is 3.72. The van der Waals surface area contributed by atoms with Crippen molar-refractivity contribution < 1.29 is 18.0 Å². The van der Waals surface area contributed by atoms with E-state index in [1.807, 2.05) is 20.8 Å². The van der Waals surface area contributed by atoms with Crippen molar-refractivity contribution in [3.05, 3.63) is 0 Å². The van der Waals surface area contributed by atoms with Crippen molar-refractivity contribution >= 4 is 5.78 Å². The van der Waals surface area contributed by atoms with E-state index in [1.165, 1.54) is 0 Å². The Kier molecular flexibility index (Phi) is 4.84. The molecule has 0 aromatic carbocycles. The summed E-state index contributed by atoms with van der Waals surface area (Å²) in [6, 6.07) is 0. The minimum absolute atomic E-state index is 0.00193. The van der Waals surface area contributed by atoms with Crippen LogP contribution in [-0.4, -0.2) is 12.0 Å². The Morgan fingerprint density at radius 2 is 1.67 bits per heavy atom. The molecule has 18 heavy (non-hydrogen) atoms. The number of rotatable bonds is 3. The maximum Gasteiger partial charge on any atom is 0.392 e. The molecule has 0 saturated heterocycles. The quantitative estimate of drug-likeness (QED) is 0.719. The minimum Gasteiger partial charge on any atom is -0.299 e. The van der Waals surface area contributed by atoms with Gasteiger partial charge in [0, 0.05) is 12.3 Å². The molecule has 4 heteroatoms. The molecule has 1 aliphatic rings. The van der Waals surface area contributed by atoms with Gasteiger partial charge in [0.05, 0.1) is 5.92 Å². The molecule has 106 valence electrons. The predicted octanol–water partition coefficient (Wildman–Crippen LogP) is 4.75. The van der Waals surface area contributed by atoms with Crippen molar-refractivity contribution in [3.8, 4) is 0 Å². The summed E-state index contributed by atoms with van der Waals surface area (Å²) >= 11 is 0. The molecule has 0 aromatic heterocycles. The molecule has 0 aliphatic heterocycles. The van der Waals surface area contributed by atoms with Crippen molar-refractivity contribution in [3.63, 3.8) is 0 Å². The molecule has 0 N–H and O–H groups in total. The van der Waals surface area contributed by atoms with Gasteiger partial charge >= 0.3 is 6.18 Å². The fourth-order valence-corrected chi connectivity index (χ4v) is 2.59. The van der Waals surface area contributed by atoms with E-state index in [-0.39, 0.29) is 24.0 Å². The number of ketones is 1. The highest BCUT2D eigenvalue weighted by atomic mass is 19.4. The molecule has 0 spiro atoms. The molecule has 1 rings (SSSR count). The van der Waals surface area contributed by atoms with Crippen molar-refractivity contribution in [2.24, 2.45) is 17.3 Å². The van der Waals surface area contributed by atoms with Crippen molar-refractivity contribution in [2.45, 2.75) is 65.5 Å². The second kappa shape index (κ2) is 5.62. The second-order valence-corrected chi connectivity index (χ2v) is 6.57. The van der Waals surface area contributed by atoms with Crippen molar-refractivity contribution in [1.82, 2.24) is 0 Å².